The zero-order valence-corrected chi connectivity index (χ0v) is 10.9. The van der Waals surface area contributed by atoms with Crippen molar-refractivity contribution in [3.8, 4) is 0 Å². The van der Waals surface area contributed by atoms with Gasteiger partial charge in [0.1, 0.15) is 0 Å². The third kappa shape index (κ3) is 5.54. The number of rotatable bonds is 7. The van der Waals surface area contributed by atoms with Gasteiger partial charge in [-0.1, -0.05) is 13.8 Å². The minimum Gasteiger partial charge on any atom is -0.481 e. The number of carboxylic acid groups (broad SMARTS) is 1. The summed E-state index contributed by atoms with van der Waals surface area (Å²) in [4.78, 5) is 15.9. The highest BCUT2D eigenvalue weighted by molar-refractivity contribution is 5.67. The Morgan fingerprint density at radius 1 is 1.53 bits per heavy atom. The van der Waals surface area contributed by atoms with Crippen molar-refractivity contribution in [2.45, 2.75) is 26.7 Å². The molecule has 0 radical (unpaired) electrons. The molecule has 0 amide bonds. The number of nitrogens with one attached hydrogen (secondary N) is 1. The molecule has 0 bridgehead atoms. The fraction of sp³-hybridized carbons (Fsp3) is 0.615. The van der Waals surface area contributed by atoms with Crippen LogP contribution in [-0.4, -0.2) is 41.1 Å². The molecular formula is C13H22N2O2. The first-order chi connectivity index (χ1) is 7.89. The number of hydrogen-bond acceptors (Lipinski definition) is 2. The SMILES string of the molecule is CN(CCc1cc[nH]c1)CC(C)(C)CC(=O)O. The summed E-state index contributed by atoms with van der Waals surface area (Å²) in [6.45, 7) is 5.73. The van der Waals surface area contributed by atoms with Gasteiger partial charge in [0.25, 0.3) is 0 Å². The lowest BCUT2D eigenvalue weighted by Crippen LogP contribution is -2.34. The molecule has 0 aliphatic carbocycles. The number of carboxylic acids is 1. The first-order valence-electron chi connectivity index (χ1n) is 5.91. The van der Waals surface area contributed by atoms with Crippen LogP contribution in [0.5, 0.6) is 0 Å². The lowest BCUT2D eigenvalue weighted by molar-refractivity contribution is -0.139. The Morgan fingerprint density at radius 3 is 2.76 bits per heavy atom. The van der Waals surface area contributed by atoms with E-state index < -0.39 is 5.97 Å². The summed E-state index contributed by atoms with van der Waals surface area (Å²) in [5.41, 5.74) is 1.10. The quantitative estimate of drug-likeness (QED) is 0.763. The van der Waals surface area contributed by atoms with E-state index in [1.807, 2.05) is 33.3 Å². The highest BCUT2D eigenvalue weighted by Gasteiger charge is 2.23. The number of carbonyl (C=O) groups is 1. The molecule has 0 spiro atoms. The summed E-state index contributed by atoms with van der Waals surface area (Å²) in [6, 6.07) is 2.07. The van der Waals surface area contributed by atoms with E-state index in [0.717, 1.165) is 19.5 Å². The number of aromatic amines is 1. The Labute approximate surface area is 103 Å². The molecule has 0 aromatic carbocycles. The van der Waals surface area contributed by atoms with Crippen LogP contribution in [0.1, 0.15) is 25.8 Å². The van der Waals surface area contributed by atoms with Gasteiger partial charge in [0.2, 0.25) is 0 Å². The molecule has 0 aliphatic rings. The van der Waals surface area contributed by atoms with Gasteiger partial charge in [0.15, 0.2) is 0 Å². The molecule has 4 heteroatoms. The molecule has 1 rings (SSSR count). The number of hydrogen-bond donors (Lipinski definition) is 2. The second-order valence-electron chi connectivity index (χ2n) is 5.44. The standard InChI is InChI=1S/C13H22N2O2/c1-13(2,8-12(16)17)10-15(3)7-5-11-4-6-14-9-11/h4,6,9,14H,5,7-8,10H2,1-3H3,(H,16,17). The predicted octanol–water partition coefficient (Wildman–Crippen LogP) is 1.99. The number of aliphatic carboxylic acids is 1. The van der Waals surface area contributed by atoms with E-state index in [1.54, 1.807) is 0 Å². The predicted molar refractivity (Wildman–Crippen MR) is 68.0 cm³/mol. The maximum Gasteiger partial charge on any atom is 0.303 e. The summed E-state index contributed by atoms with van der Waals surface area (Å²) in [5, 5.41) is 8.82. The van der Waals surface area contributed by atoms with Gasteiger partial charge in [0.05, 0.1) is 6.42 Å². The first kappa shape index (κ1) is 13.8. The van der Waals surface area contributed by atoms with Crippen molar-refractivity contribution in [2.75, 3.05) is 20.1 Å². The fourth-order valence-corrected chi connectivity index (χ4v) is 2.11. The molecule has 17 heavy (non-hydrogen) atoms. The Hall–Kier alpha value is -1.29. The van der Waals surface area contributed by atoms with Gasteiger partial charge in [-0.15, -0.1) is 0 Å². The van der Waals surface area contributed by atoms with E-state index in [2.05, 4.69) is 16.0 Å². The van der Waals surface area contributed by atoms with Crippen LogP contribution in [0.4, 0.5) is 0 Å². The highest BCUT2D eigenvalue weighted by atomic mass is 16.4. The monoisotopic (exact) mass is 238 g/mol. The molecule has 96 valence electrons. The second kappa shape index (κ2) is 5.87. The van der Waals surface area contributed by atoms with Crippen molar-refractivity contribution >= 4 is 5.97 Å². The van der Waals surface area contributed by atoms with Crippen LogP contribution < -0.4 is 0 Å². The first-order valence-corrected chi connectivity index (χ1v) is 5.91. The van der Waals surface area contributed by atoms with Crippen molar-refractivity contribution in [1.29, 1.82) is 0 Å². The molecule has 0 aliphatic heterocycles. The summed E-state index contributed by atoms with van der Waals surface area (Å²) in [5.74, 6) is -0.728. The summed E-state index contributed by atoms with van der Waals surface area (Å²) >= 11 is 0. The summed E-state index contributed by atoms with van der Waals surface area (Å²) in [6.07, 6.45) is 5.12. The van der Waals surface area contributed by atoms with Crippen LogP contribution >= 0.6 is 0 Å². The van der Waals surface area contributed by atoms with Crippen LogP contribution in [-0.2, 0) is 11.2 Å². The maximum absolute atomic E-state index is 10.7. The Morgan fingerprint density at radius 2 is 2.24 bits per heavy atom. The Kier molecular flexibility index (Phi) is 4.75. The normalized spacial score (nSPS) is 12.0. The molecule has 1 aromatic rings. The van der Waals surface area contributed by atoms with Crippen molar-refractivity contribution in [3.63, 3.8) is 0 Å². The molecule has 0 saturated carbocycles. The largest absolute Gasteiger partial charge is 0.481 e. The third-order valence-electron chi connectivity index (χ3n) is 2.77. The maximum atomic E-state index is 10.7. The van der Waals surface area contributed by atoms with Crippen molar-refractivity contribution in [1.82, 2.24) is 9.88 Å². The number of nitrogens with zero attached hydrogens (tertiary/aromatic N) is 1. The van der Waals surface area contributed by atoms with Crippen LogP contribution in [0.2, 0.25) is 0 Å². The van der Waals surface area contributed by atoms with Crippen LogP contribution in [0.15, 0.2) is 18.5 Å². The number of likely N-dealkylation sites (N-methyl/N-ethyl adjacent to an activating group) is 1. The van der Waals surface area contributed by atoms with E-state index in [9.17, 15) is 4.79 Å². The summed E-state index contributed by atoms with van der Waals surface area (Å²) in [7, 11) is 2.04. The van der Waals surface area contributed by atoms with E-state index >= 15 is 0 Å². The lowest BCUT2D eigenvalue weighted by atomic mass is 9.89. The molecule has 0 fully saturated rings. The minimum atomic E-state index is -0.728. The highest BCUT2D eigenvalue weighted by Crippen LogP contribution is 2.21. The average molecular weight is 238 g/mol. The van der Waals surface area contributed by atoms with Crippen LogP contribution in [0, 0.1) is 5.41 Å². The van der Waals surface area contributed by atoms with Crippen LogP contribution in [0.3, 0.4) is 0 Å². The Balaban J connectivity index is 2.33. The molecule has 4 nitrogen and oxygen atoms in total. The minimum absolute atomic E-state index is 0.182. The van der Waals surface area contributed by atoms with Gasteiger partial charge in [-0.3, -0.25) is 4.79 Å². The summed E-state index contributed by atoms with van der Waals surface area (Å²) < 4.78 is 0. The van der Waals surface area contributed by atoms with E-state index in [4.69, 9.17) is 5.11 Å². The molecule has 0 atom stereocenters. The second-order valence-corrected chi connectivity index (χ2v) is 5.44. The molecule has 0 saturated heterocycles. The van der Waals surface area contributed by atoms with Crippen molar-refractivity contribution in [2.24, 2.45) is 5.41 Å². The average Bonchev–Trinajstić information content (AvgIpc) is 2.63. The van der Waals surface area contributed by atoms with E-state index in [-0.39, 0.29) is 11.8 Å². The van der Waals surface area contributed by atoms with Gasteiger partial charge < -0.3 is 15.0 Å². The Bertz CT molecular complexity index is 344. The number of H-pyrrole nitrogens is 1. The van der Waals surface area contributed by atoms with Gasteiger partial charge in [-0.05, 0) is 30.5 Å². The van der Waals surface area contributed by atoms with Gasteiger partial charge in [0, 0.05) is 25.5 Å². The topological polar surface area (TPSA) is 56.3 Å². The molecule has 2 N–H and O–H groups in total. The number of aromatic nitrogens is 1. The van der Waals surface area contributed by atoms with Crippen molar-refractivity contribution < 1.29 is 9.90 Å². The van der Waals surface area contributed by atoms with Gasteiger partial charge >= 0.3 is 5.97 Å². The third-order valence-corrected chi connectivity index (χ3v) is 2.77. The molecule has 1 aromatic heterocycles. The van der Waals surface area contributed by atoms with Gasteiger partial charge in [-0.25, -0.2) is 0 Å². The molecule has 1 heterocycles. The molecular weight excluding hydrogens is 216 g/mol. The van der Waals surface area contributed by atoms with Crippen LogP contribution in [0.25, 0.3) is 0 Å². The zero-order chi connectivity index (χ0) is 12.9. The van der Waals surface area contributed by atoms with Crippen molar-refractivity contribution in [3.05, 3.63) is 24.0 Å². The molecule has 0 unspecified atom stereocenters. The fourth-order valence-electron chi connectivity index (χ4n) is 2.11. The lowest BCUT2D eigenvalue weighted by Gasteiger charge is -2.28. The van der Waals surface area contributed by atoms with E-state index in [1.165, 1.54) is 5.56 Å². The smallest absolute Gasteiger partial charge is 0.303 e. The van der Waals surface area contributed by atoms with Gasteiger partial charge in [-0.2, -0.15) is 0 Å². The van der Waals surface area contributed by atoms with E-state index in [0.29, 0.717) is 0 Å². The zero-order valence-electron chi connectivity index (χ0n) is 10.9.